The van der Waals surface area contributed by atoms with Crippen molar-refractivity contribution in [2.24, 2.45) is 0 Å². The van der Waals surface area contributed by atoms with Gasteiger partial charge in [0.15, 0.2) is 0 Å². The molecule has 1 atom stereocenters. The van der Waals surface area contributed by atoms with Crippen molar-refractivity contribution in [1.82, 2.24) is 5.32 Å². The van der Waals surface area contributed by atoms with Gasteiger partial charge in [0.2, 0.25) is 0 Å². The van der Waals surface area contributed by atoms with Gasteiger partial charge in [-0.3, -0.25) is 0 Å². The van der Waals surface area contributed by atoms with E-state index in [0.29, 0.717) is 19.4 Å². The van der Waals surface area contributed by atoms with Crippen molar-refractivity contribution in [3.05, 3.63) is 29.8 Å². The second kappa shape index (κ2) is 7.43. The maximum Gasteiger partial charge on any atom is 0.256 e. The Morgan fingerprint density at radius 2 is 1.89 bits per heavy atom. The minimum absolute atomic E-state index is 0.414. The van der Waals surface area contributed by atoms with Gasteiger partial charge in [0.05, 0.1) is 12.6 Å². The van der Waals surface area contributed by atoms with Gasteiger partial charge in [-0.2, -0.15) is 0 Å². The molecule has 0 aromatic heterocycles. The van der Waals surface area contributed by atoms with Gasteiger partial charge in [-0.05, 0) is 50.4 Å². The summed E-state index contributed by atoms with van der Waals surface area (Å²) in [6.07, 6.45) is -0.471. The quantitative estimate of drug-likeness (QED) is 0.779. The molecule has 0 saturated heterocycles. The molecule has 0 radical (unpaired) electrons. The van der Waals surface area contributed by atoms with Crippen LogP contribution in [0.5, 0.6) is 5.75 Å². The number of nitrogens with one attached hydrogen (secondary N) is 1. The molecule has 2 nitrogen and oxygen atoms in total. The van der Waals surface area contributed by atoms with Crippen molar-refractivity contribution in [2.75, 3.05) is 13.7 Å². The van der Waals surface area contributed by atoms with Crippen LogP contribution in [-0.2, 0) is 6.42 Å². The number of halogens is 2. The van der Waals surface area contributed by atoms with E-state index >= 15 is 0 Å². The SMILES string of the molecule is CCCNC(C)(CCc1ccc(OC)cc1)C(F)F. The molecule has 0 aliphatic rings. The first-order chi connectivity index (χ1) is 9.01. The Bertz CT molecular complexity index is 367. The van der Waals surface area contributed by atoms with Gasteiger partial charge in [0.1, 0.15) is 5.75 Å². The Morgan fingerprint density at radius 3 is 2.37 bits per heavy atom. The van der Waals surface area contributed by atoms with Gasteiger partial charge < -0.3 is 10.1 Å². The Morgan fingerprint density at radius 1 is 1.26 bits per heavy atom. The molecule has 0 aliphatic carbocycles. The molecule has 0 aliphatic heterocycles. The third kappa shape index (κ3) is 4.78. The van der Waals surface area contributed by atoms with Crippen LogP contribution in [0.3, 0.4) is 0 Å². The van der Waals surface area contributed by atoms with Crippen molar-refractivity contribution in [3.63, 3.8) is 0 Å². The fourth-order valence-electron chi connectivity index (χ4n) is 1.88. The summed E-state index contributed by atoms with van der Waals surface area (Å²) in [5, 5.41) is 2.96. The summed E-state index contributed by atoms with van der Waals surface area (Å²) in [4.78, 5) is 0. The van der Waals surface area contributed by atoms with Crippen molar-refractivity contribution in [1.29, 1.82) is 0 Å². The van der Waals surface area contributed by atoms with Crippen LogP contribution in [0.1, 0.15) is 32.3 Å². The van der Waals surface area contributed by atoms with Crippen LogP contribution in [-0.4, -0.2) is 25.6 Å². The minimum Gasteiger partial charge on any atom is -0.497 e. The molecule has 0 spiro atoms. The van der Waals surface area contributed by atoms with E-state index in [-0.39, 0.29) is 0 Å². The molecule has 0 bridgehead atoms. The van der Waals surface area contributed by atoms with Crippen molar-refractivity contribution >= 4 is 0 Å². The monoisotopic (exact) mass is 271 g/mol. The van der Waals surface area contributed by atoms with E-state index in [0.717, 1.165) is 17.7 Å². The number of hydrogen-bond acceptors (Lipinski definition) is 2. The highest BCUT2D eigenvalue weighted by Gasteiger charge is 2.33. The normalized spacial score (nSPS) is 14.4. The summed E-state index contributed by atoms with van der Waals surface area (Å²) < 4.78 is 31.4. The second-order valence-electron chi connectivity index (χ2n) is 4.99. The highest BCUT2D eigenvalue weighted by molar-refractivity contribution is 5.27. The Hall–Kier alpha value is -1.16. The predicted octanol–water partition coefficient (Wildman–Crippen LogP) is 3.65. The lowest BCUT2D eigenvalue weighted by Crippen LogP contribution is -2.49. The van der Waals surface area contributed by atoms with E-state index in [1.54, 1.807) is 14.0 Å². The molecule has 1 aromatic carbocycles. The highest BCUT2D eigenvalue weighted by atomic mass is 19.3. The molecule has 1 unspecified atom stereocenters. The summed E-state index contributed by atoms with van der Waals surface area (Å²) in [5.41, 5.74) is -0.0679. The topological polar surface area (TPSA) is 21.3 Å². The van der Waals surface area contributed by atoms with Crippen LogP contribution in [0, 0.1) is 0 Å². The van der Waals surface area contributed by atoms with Crippen molar-refractivity contribution in [3.8, 4) is 5.75 Å². The summed E-state index contributed by atoms with van der Waals surface area (Å²) in [6.45, 7) is 4.18. The molecule has 0 fully saturated rings. The summed E-state index contributed by atoms with van der Waals surface area (Å²) in [6, 6.07) is 7.55. The minimum atomic E-state index is -2.36. The Kier molecular flexibility index (Phi) is 6.22. The standard InChI is InChI=1S/C15H23F2NO/c1-4-11-18-15(2,14(16)17)10-9-12-5-7-13(19-3)8-6-12/h5-8,14,18H,4,9-11H2,1-3H3. The zero-order chi connectivity index (χ0) is 14.3. The number of benzene rings is 1. The zero-order valence-corrected chi connectivity index (χ0v) is 11.9. The van der Waals surface area contributed by atoms with Gasteiger partial charge >= 0.3 is 0 Å². The number of alkyl halides is 2. The van der Waals surface area contributed by atoms with Crippen LogP contribution in [0.25, 0.3) is 0 Å². The van der Waals surface area contributed by atoms with Crippen LogP contribution in [0.15, 0.2) is 24.3 Å². The summed E-state index contributed by atoms with van der Waals surface area (Å²) >= 11 is 0. The molecule has 0 saturated carbocycles. The van der Waals surface area contributed by atoms with E-state index in [9.17, 15) is 8.78 Å². The Labute approximate surface area is 114 Å². The lowest BCUT2D eigenvalue weighted by Gasteiger charge is -2.30. The fourth-order valence-corrected chi connectivity index (χ4v) is 1.88. The smallest absolute Gasteiger partial charge is 0.256 e. The lowest BCUT2D eigenvalue weighted by atomic mass is 9.93. The number of hydrogen-bond donors (Lipinski definition) is 1. The first kappa shape index (κ1) is 15.9. The number of aryl methyl sites for hydroxylation is 1. The average molecular weight is 271 g/mol. The van der Waals surface area contributed by atoms with Gasteiger partial charge in [-0.1, -0.05) is 19.1 Å². The molecular weight excluding hydrogens is 248 g/mol. The Balaban J connectivity index is 2.59. The van der Waals surface area contributed by atoms with E-state index in [1.165, 1.54) is 0 Å². The largest absolute Gasteiger partial charge is 0.497 e. The van der Waals surface area contributed by atoms with Crippen molar-refractivity contribution in [2.45, 2.75) is 45.1 Å². The molecule has 1 N–H and O–H groups in total. The average Bonchev–Trinajstić information content (AvgIpc) is 2.43. The van der Waals surface area contributed by atoms with E-state index in [1.807, 2.05) is 31.2 Å². The molecule has 108 valence electrons. The molecule has 19 heavy (non-hydrogen) atoms. The van der Waals surface area contributed by atoms with E-state index in [4.69, 9.17) is 4.74 Å². The fraction of sp³-hybridized carbons (Fsp3) is 0.600. The predicted molar refractivity (Wildman–Crippen MR) is 74.0 cm³/mol. The molecule has 0 amide bonds. The number of methoxy groups -OCH3 is 1. The molecule has 1 rings (SSSR count). The zero-order valence-electron chi connectivity index (χ0n) is 11.9. The third-order valence-corrected chi connectivity index (χ3v) is 3.35. The molecule has 0 heterocycles. The van der Waals surface area contributed by atoms with Crippen LogP contribution in [0.2, 0.25) is 0 Å². The first-order valence-corrected chi connectivity index (χ1v) is 6.68. The van der Waals surface area contributed by atoms with Gasteiger partial charge in [0, 0.05) is 0 Å². The van der Waals surface area contributed by atoms with Gasteiger partial charge in [-0.15, -0.1) is 0 Å². The number of rotatable bonds is 8. The summed E-state index contributed by atoms with van der Waals surface area (Å²) in [7, 11) is 1.61. The van der Waals surface area contributed by atoms with Gasteiger partial charge in [0.25, 0.3) is 6.43 Å². The van der Waals surface area contributed by atoms with Crippen LogP contribution < -0.4 is 10.1 Å². The van der Waals surface area contributed by atoms with E-state index in [2.05, 4.69) is 5.32 Å². The maximum atomic E-state index is 13.1. The van der Waals surface area contributed by atoms with Gasteiger partial charge in [-0.25, -0.2) is 8.78 Å². The number of ether oxygens (including phenoxy) is 1. The highest BCUT2D eigenvalue weighted by Crippen LogP contribution is 2.23. The lowest BCUT2D eigenvalue weighted by molar-refractivity contribution is 0.0355. The third-order valence-electron chi connectivity index (χ3n) is 3.35. The van der Waals surface area contributed by atoms with Crippen LogP contribution in [0.4, 0.5) is 8.78 Å². The van der Waals surface area contributed by atoms with Crippen molar-refractivity contribution < 1.29 is 13.5 Å². The van der Waals surface area contributed by atoms with Crippen LogP contribution >= 0.6 is 0 Å². The molecule has 4 heteroatoms. The van der Waals surface area contributed by atoms with E-state index < -0.39 is 12.0 Å². The second-order valence-corrected chi connectivity index (χ2v) is 4.99. The summed E-state index contributed by atoms with van der Waals surface area (Å²) in [5.74, 6) is 0.782. The molecule has 1 aromatic rings. The maximum absolute atomic E-state index is 13.1. The first-order valence-electron chi connectivity index (χ1n) is 6.68. The molecular formula is C15H23F2NO.